The number of unbranched alkanes of at least 4 members (excludes halogenated alkanes) is 1. The zero-order chi connectivity index (χ0) is 31.1. The van der Waals surface area contributed by atoms with E-state index in [-0.39, 0.29) is 0 Å². The number of hydrogen-bond acceptors (Lipinski definition) is 14. The van der Waals surface area contributed by atoms with Gasteiger partial charge in [-0.05, 0) is 62.4 Å². The minimum absolute atomic E-state index is 0.978. The standard InChI is InChI=1S/C20H28N6S4.2C2H2O4/c1-25-9-5-7-15(13-25)17-19(23-29-21-17)27-11-3-4-12-28-20-18(22-30-24-20)16-8-6-10-26(2)14-16;2*3-1(4)2(5)6/h7-8H,3-6,9-14H2,1-2H3;2*(H,3,4)(H,5,6). The van der Waals surface area contributed by atoms with E-state index in [0.717, 1.165) is 72.0 Å². The highest BCUT2D eigenvalue weighted by Gasteiger charge is 2.19. The molecule has 0 fully saturated rings. The summed E-state index contributed by atoms with van der Waals surface area (Å²) in [4.78, 5) is 41.1. The molecule has 2 aliphatic rings. The number of aliphatic carboxylic acids is 4. The molecule has 4 heterocycles. The molecule has 0 unspecified atom stereocenters. The fourth-order valence-corrected chi connectivity index (χ4v) is 7.04. The molecule has 0 aliphatic carbocycles. The number of aromatic nitrogens is 4. The third-order valence-corrected chi connectivity index (χ3v) is 8.98. The van der Waals surface area contributed by atoms with Gasteiger partial charge in [-0.15, -0.1) is 23.5 Å². The van der Waals surface area contributed by atoms with Crippen LogP contribution in [0.4, 0.5) is 0 Å². The Morgan fingerprint density at radius 2 is 1.05 bits per heavy atom. The van der Waals surface area contributed by atoms with E-state index >= 15 is 0 Å². The van der Waals surface area contributed by atoms with Crippen LogP contribution in [0.25, 0.3) is 11.1 Å². The van der Waals surface area contributed by atoms with Gasteiger partial charge >= 0.3 is 23.9 Å². The normalized spacial score (nSPS) is 15.3. The smallest absolute Gasteiger partial charge is 0.414 e. The van der Waals surface area contributed by atoms with Crippen LogP contribution < -0.4 is 0 Å². The molecule has 0 saturated heterocycles. The van der Waals surface area contributed by atoms with E-state index in [1.54, 1.807) is 0 Å². The molecule has 0 amide bonds. The van der Waals surface area contributed by atoms with Crippen LogP contribution in [0.2, 0.25) is 0 Å². The fraction of sp³-hybridized carbons (Fsp3) is 0.500. The summed E-state index contributed by atoms with van der Waals surface area (Å²) in [6.07, 6.45) is 9.21. The van der Waals surface area contributed by atoms with Crippen molar-refractivity contribution in [2.24, 2.45) is 0 Å². The first-order valence-corrected chi connectivity index (χ1v) is 16.0. The lowest BCUT2D eigenvalue weighted by Crippen LogP contribution is -2.25. The molecule has 0 radical (unpaired) electrons. The second-order valence-electron chi connectivity index (χ2n) is 8.97. The van der Waals surface area contributed by atoms with E-state index in [1.807, 2.05) is 23.5 Å². The van der Waals surface area contributed by atoms with Crippen LogP contribution in [0.1, 0.15) is 37.1 Å². The maximum atomic E-state index is 9.10. The Morgan fingerprint density at radius 1 is 0.690 bits per heavy atom. The molecule has 0 atom stereocenters. The summed E-state index contributed by atoms with van der Waals surface area (Å²) in [5.41, 5.74) is 4.88. The first-order valence-electron chi connectivity index (χ1n) is 12.6. The van der Waals surface area contributed by atoms with Crippen LogP contribution in [0, 0.1) is 0 Å². The zero-order valence-corrected chi connectivity index (χ0v) is 26.2. The topological polar surface area (TPSA) is 207 Å². The van der Waals surface area contributed by atoms with Crippen LogP contribution in [0.3, 0.4) is 0 Å². The third-order valence-electron chi connectivity index (χ3n) is 5.59. The predicted molar refractivity (Wildman–Crippen MR) is 161 cm³/mol. The zero-order valence-electron chi connectivity index (χ0n) is 23.0. The highest BCUT2D eigenvalue weighted by atomic mass is 32.2. The third kappa shape index (κ3) is 12.5. The maximum Gasteiger partial charge on any atom is 0.414 e. The summed E-state index contributed by atoms with van der Waals surface area (Å²) < 4.78 is 18.2. The molecule has 2 aliphatic heterocycles. The SMILES string of the molecule is CN1CCC=C(c2nsnc2SCCCCSc2nsnc2C2=CCCN(C)C2)C1.O=C(O)C(=O)O.O=C(O)C(=O)O. The van der Waals surface area contributed by atoms with Gasteiger partial charge in [0.1, 0.15) is 21.4 Å². The van der Waals surface area contributed by atoms with Crippen molar-refractivity contribution < 1.29 is 39.6 Å². The second kappa shape index (κ2) is 18.6. The van der Waals surface area contributed by atoms with Gasteiger partial charge in [0.2, 0.25) is 0 Å². The number of carboxylic acids is 4. The number of thioether (sulfide) groups is 2. The van der Waals surface area contributed by atoms with Crippen molar-refractivity contribution in [1.82, 2.24) is 27.3 Å². The molecule has 18 heteroatoms. The molecular formula is C24H32N6O8S4. The number of nitrogens with zero attached hydrogens (tertiary/aromatic N) is 6. The van der Waals surface area contributed by atoms with Crippen LogP contribution >= 0.6 is 47.0 Å². The molecule has 4 N–H and O–H groups in total. The van der Waals surface area contributed by atoms with Crippen molar-refractivity contribution >= 4 is 82.0 Å². The Balaban J connectivity index is 0.000000434. The summed E-state index contributed by atoms with van der Waals surface area (Å²) in [6.45, 7) is 4.22. The van der Waals surface area contributed by atoms with Gasteiger partial charge in [-0.2, -0.15) is 17.5 Å². The van der Waals surface area contributed by atoms with Gasteiger partial charge < -0.3 is 30.2 Å². The Bertz CT molecular complexity index is 1160. The number of likely N-dealkylation sites (N-methyl/N-ethyl adjacent to an activating group) is 2. The highest BCUT2D eigenvalue weighted by molar-refractivity contribution is 7.99. The van der Waals surface area contributed by atoms with Crippen LogP contribution in [-0.2, 0) is 19.2 Å². The quantitative estimate of drug-likeness (QED) is 0.173. The average molecular weight is 661 g/mol. The highest BCUT2D eigenvalue weighted by Crippen LogP contribution is 2.31. The minimum atomic E-state index is -1.82. The van der Waals surface area contributed by atoms with Gasteiger partial charge in [0, 0.05) is 26.2 Å². The first-order chi connectivity index (χ1) is 20.0. The van der Waals surface area contributed by atoms with E-state index < -0.39 is 23.9 Å². The maximum absolute atomic E-state index is 9.10. The van der Waals surface area contributed by atoms with E-state index in [4.69, 9.17) is 39.6 Å². The average Bonchev–Trinajstić information content (AvgIpc) is 3.61. The molecule has 2 aromatic rings. The molecule has 0 bridgehead atoms. The molecule has 0 aromatic carbocycles. The number of carboxylic acid groups (broad SMARTS) is 4. The summed E-state index contributed by atoms with van der Waals surface area (Å²) in [5, 5.41) is 31.8. The second-order valence-corrected chi connectivity index (χ2v) is 12.2. The van der Waals surface area contributed by atoms with Crippen molar-refractivity contribution in [3.05, 3.63) is 23.5 Å². The molecule has 2 aromatic heterocycles. The summed E-state index contributed by atoms with van der Waals surface area (Å²) >= 11 is 6.37. The lowest BCUT2D eigenvalue weighted by atomic mass is 10.1. The largest absolute Gasteiger partial charge is 0.473 e. The molecule has 42 heavy (non-hydrogen) atoms. The van der Waals surface area contributed by atoms with Crippen molar-refractivity contribution in [2.75, 3.05) is 51.8 Å². The van der Waals surface area contributed by atoms with Gasteiger partial charge in [0.15, 0.2) is 0 Å². The number of hydrogen-bond donors (Lipinski definition) is 4. The lowest BCUT2D eigenvalue weighted by Gasteiger charge is -2.22. The molecule has 14 nitrogen and oxygen atoms in total. The Labute approximate surface area is 259 Å². The Morgan fingerprint density at radius 3 is 1.36 bits per heavy atom. The van der Waals surface area contributed by atoms with Crippen LogP contribution in [0.5, 0.6) is 0 Å². The molecule has 0 spiro atoms. The Kier molecular flexibility index (Phi) is 15.6. The first kappa shape index (κ1) is 35.3. The van der Waals surface area contributed by atoms with E-state index in [0.29, 0.717) is 0 Å². The molecule has 4 rings (SSSR count). The van der Waals surface area contributed by atoms with Crippen LogP contribution in [-0.4, -0.2) is 123 Å². The summed E-state index contributed by atoms with van der Waals surface area (Å²) in [5.74, 6) is -5.13. The Hall–Kier alpha value is -2.90. The van der Waals surface area contributed by atoms with E-state index in [2.05, 4.69) is 53.5 Å². The van der Waals surface area contributed by atoms with Gasteiger partial charge in [-0.25, -0.2) is 19.2 Å². The monoisotopic (exact) mass is 660 g/mol. The van der Waals surface area contributed by atoms with Crippen molar-refractivity contribution in [2.45, 2.75) is 35.7 Å². The van der Waals surface area contributed by atoms with Crippen molar-refractivity contribution in [3.63, 3.8) is 0 Å². The summed E-state index contributed by atoms with van der Waals surface area (Å²) in [7, 11) is 4.34. The van der Waals surface area contributed by atoms with Crippen LogP contribution in [0.15, 0.2) is 22.2 Å². The molecular weight excluding hydrogens is 629 g/mol. The predicted octanol–water partition coefficient (Wildman–Crippen LogP) is 2.80. The van der Waals surface area contributed by atoms with Crippen molar-refractivity contribution in [1.29, 1.82) is 0 Å². The number of rotatable bonds is 9. The van der Waals surface area contributed by atoms with Gasteiger partial charge in [0.25, 0.3) is 0 Å². The fourth-order valence-electron chi connectivity index (χ4n) is 3.61. The summed E-state index contributed by atoms with van der Waals surface area (Å²) in [6, 6.07) is 0. The molecule has 230 valence electrons. The minimum Gasteiger partial charge on any atom is -0.473 e. The van der Waals surface area contributed by atoms with Crippen molar-refractivity contribution in [3.8, 4) is 0 Å². The van der Waals surface area contributed by atoms with E-state index in [1.165, 1.54) is 47.4 Å². The molecule has 0 saturated carbocycles. The van der Waals surface area contributed by atoms with Gasteiger partial charge in [-0.3, -0.25) is 0 Å². The number of carbonyl (C=O) groups is 4. The van der Waals surface area contributed by atoms with E-state index in [9.17, 15) is 0 Å². The van der Waals surface area contributed by atoms with Gasteiger partial charge in [0.05, 0.1) is 23.5 Å². The van der Waals surface area contributed by atoms with Gasteiger partial charge in [-0.1, -0.05) is 12.2 Å². The lowest BCUT2D eigenvalue weighted by molar-refractivity contribution is -0.159.